The number of aryl methyl sites for hydroxylation is 2. The highest BCUT2D eigenvalue weighted by Gasteiger charge is 2.22. The summed E-state index contributed by atoms with van der Waals surface area (Å²) in [5, 5.41) is 12.6. The van der Waals surface area contributed by atoms with Crippen molar-refractivity contribution in [2.24, 2.45) is 0 Å². The van der Waals surface area contributed by atoms with Crippen LogP contribution in [0.25, 0.3) is 0 Å². The molecule has 3 nitrogen and oxygen atoms in total. The second-order valence-electron chi connectivity index (χ2n) is 4.85. The first-order chi connectivity index (χ1) is 8.22. The minimum Gasteiger partial charge on any atom is -0.396 e. The zero-order valence-corrected chi connectivity index (χ0v) is 10.7. The molecule has 1 aliphatic heterocycles. The van der Waals surface area contributed by atoms with E-state index < -0.39 is 0 Å². The normalized spacial score (nSPS) is 20.6. The molecule has 1 saturated heterocycles. The van der Waals surface area contributed by atoms with Gasteiger partial charge in [0.25, 0.3) is 0 Å². The van der Waals surface area contributed by atoms with E-state index >= 15 is 0 Å². The molecule has 0 aromatic heterocycles. The number of hydrogen-bond donors (Lipinski definition) is 2. The highest BCUT2D eigenvalue weighted by molar-refractivity contribution is 5.56. The summed E-state index contributed by atoms with van der Waals surface area (Å²) in [4.78, 5) is 2.44. The van der Waals surface area contributed by atoms with Crippen molar-refractivity contribution in [1.82, 2.24) is 5.32 Å². The van der Waals surface area contributed by atoms with Gasteiger partial charge in [0.1, 0.15) is 0 Å². The standard InChI is InChI=1S/C14H22N2O/c1-11-3-4-12(2)14(9-11)16-7-6-15-10-13(16)5-8-17/h3-4,9,13,15,17H,5-8,10H2,1-2H3. The fourth-order valence-corrected chi connectivity index (χ4v) is 2.51. The maximum atomic E-state index is 9.15. The Morgan fingerprint density at radius 2 is 2.24 bits per heavy atom. The molecule has 0 bridgehead atoms. The number of aliphatic hydroxyl groups excluding tert-OH is 1. The molecule has 1 atom stereocenters. The maximum absolute atomic E-state index is 9.15. The van der Waals surface area contributed by atoms with E-state index in [0.29, 0.717) is 6.04 Å². The topological polar surface area (TPSA) is 35.5 Å². The van der Waals surface area contributed by atoms with Crippen LogP contribution in [0, 0.1) is 13.8 Å². The van der Waals surface area contributed by atoms with E-state index in [-0.39, 0.29) is 6.61 Å². The first-order valence-electron chi connectivity index (χ1n) is 6.38. The van der Waals surface area contributed by atoms with Gasteiger partial charge in [-0.05, 0) is 37.5 Å². The summed E-state index contributed by atoms with van der Waals surface area (Å²) >= 11 is 0. The molecule has 0 aliphatic carbocycles. The van der Waals surface area contributed by atoms with Crippen molar-refractivity contribution in [3.05, 3.63) is 29.3 Å². The van der Waals surface area contributed by atoms with Gasteiger partial charge in [-0.25, -0.2) is 0 Å². The van der Waals surface area contributed by atoms with E-state index in [4.69, 9.17) is 5.11 Å². The summed E-state index contributed by atoms with van der Waals surface area (Å²) in [6, 6.07) is 7.00. The van der Waals surface area contributed by atoms with Crippen LogP contribution in [-0.4, -0.2) is 37.4 Å². The van der Waals surface area contributed by atoms with Gasteiger partial charge in [0.05, 0.1) is 0 Å². The number of aliphatic hydroxyl groups is 1. The number of piperazine rings is 1. The summed E-state index contributed by atoms with van der Waals surface area (Å²) in [7, 11) is 0. The van der Waals surface area contributed by atoms with E-state index in [1.807, 2.05) is 0 Å². The van der Waals surface area contributed by atoms with Gasteiger partial charge in [-0.3, -0.25) is 0 Å². The Bertz CT molecular complexity index is 376. The zero-order valence-electron chi connectivity index (χ0n) is 10.7. The molecule has 1 unspecified atom stereocenters. The molecule has 94 valence electrons. The van der Waals surface area contributed by atoms with Crippen molar-refractivity contribution in [3.8, 4) is 0 Å². The minimum atomic E-state index is 0.258. The van der Waals surface area contributed by atoms with Gasteiger partial charge in [0, 0.05) is 38.0 Å². The summed E-state index contributed by atoms with van der Waals surface area (Å²) < 4.78 is 0. The lowest BCUT2D eigenvalue weighted by Gasteiger charge is -2.38. The van der Waals surface area contributed by atoms with E-state index in [1.54, 1.807) is 0 Å². The van der Waals surface area contributed by atoms with Crippen molar-refractivity contribution in [1.29, 1.82) is 0 Å². The number of benzene rings is 1. The summed E-state index contributed by atoms with van der Waals surface area (Å²) in [5.74, 6) is 0. The quantitative estimate of drug-likeness (QED) is 0.831. The van der Waals surface area contributed by atoms with Crippen LogP contribution < -0.4 is 10.2 Å². The Kier molecular flexibility index (Phi) is 4.02. The molecular weight excluding hydrogens is 212 g/mol. The first-order valence-corrected chi connectivity index (χ1v) is 6.38. The van der Waals surface area contributed by atoms with Gasteiger partial charge in [0.15, 0.2) is 0 Å². The molecule has 1 aromatic carbocycles. The number of anilines is 1. The van der Waals surface area contributed by atoms with Crippen LogP contribution in [0.2, 0.25) is 0 Å². The van der Waals surface area contributed by atoms with Crippen molar-refractivity contribution < 1.29 is 5.11 Å². The second-order valence-corrected chi connectivity index (χ2v) is 4.85. The van der Waals surface area contributed by atoms with Gasteiger partial charge in [-0.15, -0.1) is 0 Å². The van der Waals surface area contributed by atoms with Gasteiger partial charge < -0.3 is 15.3 Å². The Labute approximate surface area is 103 Å². The molecule has 1 heterocycles. The SMILES string of the molecule is Cc1ccc(C)c(N2CCNCC2CCO)c1. The number of nitrogens with one attached hydrogen (secondary N) is 1. The van der Waals surface area contributed by atoms with E-state index in [1.165, 1.54) is 16.8 Å². The Morgan fingerprint density at radius 1 is 1.41 bits per heavy atom. The van der Waals surface area contributed by atoms with Gasteiger partial charge in [0.2, 0.25) is 0 Å². The van der Waals surface area contributed by atoms with Crippen LogP contribution in [0.1, 0.15) is 17.5 Å². The highest BCUT2D eigenvalue weighted by Crippen LogP contribution is 2.25. The molecular formula is C14H22N2O. The largest absolute Gasteiger partial charge is 0.396 e. The van der Waals surface area contributed by atoms with E-state index in [0.717, 1.165) is 26.1 Å². The Morgan fingerprint density at radius 3 is 3.00 bits per heavy atom. The van der Waals surface area contributed by atoms with Crippen LogP contribution in [0.15, 0.2) is 18.2 Å². The third kappa shape index (κ3) is 2.79. The van der Waals surface area contributed by atoms with Crippen LogP contribution in [0.4, 0.5) is 5.69 Å². The molecule has 0 radical (unpaired) electrons. The summed E-state index contributed by atoms with van der Waals surface area (Å²) in [5.41, 5.74) is 3.94. The van der Waals surface area contributed by atoms with Crippen LogP contribution >= 0.6 is 0 Å². The van der Waals surface area contributed by atoms with Gasteiger partial charge in [-0.2, -0.15) is 0 Å². The minimum absolute atomic E-state index is 0.258. The molecule has 2 N–H and O–H groups in total. The Hall–Kier alpha value is -1.06. The molecule has 1 aromatic rings. The third-order valence-electron chi connectivity index (χ3n) is 3.49. The van der Waals surface area contributed by atoms with Gasteiger partial charge >= 0.3 is 0 Å². The van der Waals surface area contributed by atoms with E-state index in [9.17, 15) is 0 Å². The molecule has 1 fully saturated rings. The van der Waals surface area contributed by atoms with Crippen molar-refractivity contribution in [2.45, 2.75) is 26.3 Å². The number of nitrogens with zero attached hydrogens (tertiary/aromatic N) is 1. The van der Waals surface area contributed by atoms with Crippen molar-refractivity contribution in [2.75, 3.05) is 31.1 Å². The van der Waals surface area contributed by atoms with Gasteiger partial charge in [-0.1, -0.05) is 12.1 Å². The van der Waals surface area contributed by atoms with Crippen LogP contribution in [0.5, 0.6) is 0 Å². The summed E-state index contributed by atoms with van der Waals surface area (Å²) in [6.07, 6.45) is 0.834. The third-order valence-corrected chi connectivity index (χ3v) is 3.49. The monoisotopic (exact) mass is 234 g/mol. The molecule has 0 spiro atoms. The molecule has 2 rings (SSSR count). The number of hydrogen-bond acceptors (Lipinski definition) is 3. The predicted molar refractivity (Wildman–Crippen MR) is 71.6 cm³/mol. The van der Waals surface area contributed by atoms with E-state index in [2.05, 4.69) is 42.3 Å². The number of rotatable bonds is 3. The van der Waals surface area contributed by atoms with Crippen molar-refractivity contribution in [3.63, 3.8) is 0 Å². The van der Waals surface area contributed by atoms with Crippen molar-refractivity contribution >= 4 is 5.69 Å². The highest BCUT2D eigenvalue weighted by atomic mass is 16.3. The lowest BCUT2D eigenvalue weighted by atomic mass is 10.0. The average molecular weight is 234 g/mol. The Balaban J connectivity index is 2.25. The predicted octanol–water partition coefficient (Wildman–Crippen LogP) is 1.46. The molecule has 0 amide bonds. The zero-order chi connectivity index (χ0) is 12.3. The maximum Gasteiger partial charge on any atom is 0.0451 e. The smallest absolute Gasteiger partial charge is 0.0451 e. The molecule has 3 heteroatoms. The first kappa shape index (κ1) is 12.4. The van der Waals surface area contributed by atoms with Crippen LogP contribution in [0.3, 0.4) is 0 Å². The molecule has 17 heavy (non-hydrogen) atoms. The molecule has 0 saturated carbocycles. The fraction of sp³-hybridized carbons (Fsp3) is 0.571. The summed E-state index contributed by atoms with van der Waals surface area (Å²) in [6.45, 7) is 7.56. The second kappa shape index (κ2) is 5.52. The average Bonchev–Trinajstić information content (AvgIpc) is 2.34. The van der Waals surface area contributed by atoms with Crippen LogP contribution in [-0.2, 0) is 0 Å². The lowest BCUT2D eigenvalue weighted by Crippen LogP contribution is -2.52. The fourth-order valence-electron chi connectivity index (χ4n) is 2.51. The molecule has 1 aliphatic rings. The lowest BCUT2D eigenvalue weighted by molar-refractivity contribution is 0.266.